The van der Waals surface area contributed by atoms with Crippen molar-refractivity contribution in [1.29, 1.82) is 0 Å². The number of aliphatic hydroxyl groups is 6. The molecule has 0 radical (unpaired) electrons. The van der Waals surface area contributed by atoms with Crippen LogP contribution >= 0.6 is 0 Å². The minimum absolute atomic E-state index is 0.0739. The SMILES string of the molecule is CC[C@H]1OC(=O)[C@H](C)[C@@H](O)[C@H](C)[C@@H](O[C@@H]2O[C@H](C)CC(N(C)C(=O)CNCCN(C)C)[C@H]2O)C(C)(O)C[C@@H](C)[C@H](O)[C@H](C)[C@@H](O)[C@]1(C)O. The summed E-state index contributed by atoms with van der Waals surface area (Å²) in [6.45, 7) is 14.1. The fourth-order valence-electron chi connectivity index (χ4n) is 7.27. The normalized spacial score (nSPS) is 43.8. The highest BCUT2D eigenvalue weighted by Gasteiger charge is 2.51. The molecule has 2 heterocycles. The summed E-state index contributed by atoms with van der Waals surface area (Å²) in [6, 6.07) is -0.679. The van der Waals surface area contributed by atoms with Crippen molar-refractivity contribution in [2.75, 3.05) is 40.8 Å². The lowest BCUT2D eigenvalue weighted by Gasteiger charge is -2.47. The van der Waals surface area contributed by atoms with Gasteiger partial charge in [0.25, 0.3) is 0 Å². The standard InChI is InChI=1S/C34H65N3O11/c1-12-24-34(8,45)29(42)20(4)26(39)18(2)16-33(7,44)30(21(5)27(40)22(6)31(43)47-24)48-32-28(41)23(15-19(3)46-32)37(11)25(38)17-35-13-14-36(9)10/h18-24,26-30,32,35,39-42,44-45H,12-17H2,1-11H3/t18-,19-,20+,21+,22-,23?,24-,26+,27+,28-,29-,30-,32+,33?,34-/m1/s1. The molecule has 282 valence electrons. The molecule has 14 nitrogen and oxygen atoms in total. The summed E-state index contributed by atoms with van der Waals surface area (Å²) in [6.07, 6.45) is -9.19. The quantitative estimate of drug-likeness (QED) is 0.123. The third-order valence-corrected chi connectivity index (χ3v) is 10.5. The van der Waals surface area contributed by atoms with Crippen LogP contribution < -0.4 is 5.32 Å². The zero-order chi connectivity index (χ0) is 36.9. The molecular weight excluding hydrogens is 626 g/mol. The zero-order valence-corrected chi connectivity index (χ0v) is 30.9. The Morgan fingerprint density at radius 3 is 2.15 bits per heavy atom. The number of amides is 1. The van der Waals surface area contributed by atoms with Crippen LogP contribution in [0.1, 0.15) is 74.7 Å². The van der Waals surface area contributed by atoms with Gasteiger partial charge >= 0.3 is 5.97 Å². The van der Waals surface area contributed by atoms with Gasteiger partial charge in [0.1, 0.15) is 17.8 Å². The van der Waals surface area contributed by atoms with Crippen molar-refractivity contribution in [1.82, 2.24) is 15.1 Å². The van der Waals surface area contributed by atoms with Crippen LogP contribution in [0.4, 0.5) is 0 Å². The van der Waals surface area contributed by atoms with Gasteiger partial charge in [-0.25, -0.2) is 0 Å². The number of hydrogen-bond donors (Lipinski definition) is 7. The molecule has 2 unspecified atom stereocenters. The van der Waals surface area contributed by atoms with Gasteiger partial charge in [0, 0.05) is 32.0 Å². The monoisotopic (exact) mass is 691 g/mol. The molecule has 2 aliphatic rings. The van der Waals surface area contributed by atoms with E-state index in [0.29, 0.717) is 13.0 Å². The van der Waals surface area contributed by atoms with Crippen LogP contribution in [-0.2, 0) is 23.8 Å². The fraction of sp³-hybridized carbons (Fsp3) is 0.941. The number of ether oxygens (including phenoxy) is 3. The molecule has 15 atom stereocenters. The Balaban J connectivity index is 2.44. The summed E-state index contributed by atoms with van der Waals surface area (Å²) in [5, 5.41) is 72.0. The highest BCUT2D eigenvalue weighted by atomic mass is 16.7. The molecule has 0 spiro atoms. The lowest BCUT2D eigenvalue weighted by molar-refractivity contribution is -0.299. The Kier molecular flexibility index (Phi) is 15.7. The van der Waals surface area contributed by atoms with Crippen LogP contribution in [0.3, 0.4) is 0 Å². The molecular formula is C34H65N3O11. The molecule has 2 fully saturated rings. The Labute approximate surface area is 286 Å². The predicted molar refractivity (Wildman–Crippen MR) is 179 cm³/mol. The van der Waals surface area contributed by atoms with Crippen LogP contribution in [0, 0.1) is 23.7 Å². The lowest BCUT2D eigenvalue weighted by atomic mass is 9.73. The van der Waals surface area contributed by atoms with E-state index in [1.807, 2.05) is 19.0 Å². The molecule has 14 heteroatoms. The summed E-state index contributed by atoms with van der Waals surface area (Å²) in [5.41, 5.74) is -3.69. The summed E-state index contributed by atoms with van der Waals surface area (Å²) in [4.78, 5) is 29.8. The highest BCUT2D eigenvalue weighted by molar-refractivity contribution is 5.78. The first-order valence-electron chi connectivity index (χ1n) is 17.4. The van der Waals surface area contributed by atoms with Crippen molar-refractivity contribution in [3.05, 3.63) is 0 Å². The second-order valence-electron chi connectivity index (χ2n) is 15.2. The van der Waals surface area contributed by atoms with E-state index in [2.05, 4.69) is 5.32 Å². The lowest BCUT2D eigenvalue weighted by Crippen LogP contribution is -2.61. The zero-order valence-electron chi connectivity index (χ0n) is 30.9. The largest absolute Gasteiger partial charge is 0.459 e. The summed E-state index contributed by atoms with van der Waals surface area (Å²) in [5.74, 6) is -4.67. The molecule has 0 aromatic heterocycles. The van der Waals surface area contributed by atoms with Gasteiger partial charge in [0.2, 0.25) is 5.91 Å². The van der Waals surface area contributed by atoms with E-state index in [9.17, 15) is 40.2 Å². The maximum absolute atomic E-state index is 13.3. The van der Waals surface area contributed by atoms with Gasteiger partial charge in [-0.3, -0.25) is 9.59 Å². The Bertz CT molecular complexity index is 1030. The molecule has 2 saturated heterocycles. The number of likely N-dealkylation sites (N-methyl/N-ethyl adjacent to an activating group) is 2. The van der Waals surface area contributed by atoms with E-state index in [4.69, 9.17) is 14.2 Å². The average Bonchev–Trinajstić information content (AvgIpc) is 3.01. The molecule has 0 aromatic rings. The van der Waals surface area contributed by atoms with Gasteiger partial charge in [-0.1, -0.05) is 27.7 Å². The second-order valence-corrected chi connectivity index (χ2v) is 15.2. The maximum atomic E-state index is 13.3. The van der Waals surface area contributed by atoms with Gasteiger partial charge in [0.05, 0.1) is 54.6 Å². The third-order valence-electron chi connectivity index (χ3n) is 10.5. The molecule has 2 aliphatic heterocycles. The number of cyclic esters (lactones) is 1. The van der Waals surface area contributed by atoms with Crippen molar-refractivity contribution in [2.24, 2.45) is 23.7 Å². The van der Waals surface area contributed by atoms with Crippen molar-refractivity contribution in [3.63, 3.8) is 0 Å². The number of carbonyl (C=O) groups excluding carboxylic acids is 2. The predicted octanol–water partition coefficient (Wildman–Crippen LogP) is -0.300. The molecule has 0 aromatic carbocycles. The van der Waals surface area contributed by atoms with Gasteiger partial charge in [-0.05, 0) is 67.0 Å². The van der Waals surface area contributed by atoms with E-state index >= 15 is 0 Å². The van der Waals surface area contributed by atoms with Crippen molar-refractivity contribution < 1.29 is 54.4 Å². The number of hydrogen-bond acceptors (Lipinski definition) is 13. The summed E-state index contributed by atoms with van der Waals surface area (Å²) >= 11 is 0. The smallest absolute Gasteiger partial charge is 0.311 e. The van der Waals surface area contributed by atoms with Gasteiger partial charge in [-0.15, -0.1) is 0 Å². The first kappa shape index (κ1) is 42.7. The van der Waals surface area contributed by atoms with Crippen LogP contribution in [0.25, 0.3) is 0 Å². The van der Waals surface area contributed by atoms with E-state index in [1.165, 1.54) is 25.7 Å². The van der Waals surface area contributed by atoms with Crippen molar-refractivity contribution >= 4 is 11.9 Å². The van der Waals surface area contributed by atoms with Gasteiger partial charge in [-0.2, -0.15) is 0 Å². The van der Waals surface area contributed by atoms with E-state index in [1.54, 1.807) is 41.7 Å². The van der Waals surface area contributed by atoms with E-state index in [-0.39, 0.29) is 25.3 Å². The Morgan fingerprint density at radius 1 is 0.979 bits per heavy atom. The fourth-order valence-corrected chi connectivity index (χ4v) is 7.27. The number of aliphatic hydroxyl groups excluding tert-OH is 4. The van der Waals surface area contributed by atoms with E-state index in [0.717, 1.165) is 6.54 Å². The first-order chi connectivity index (χ1) is 22.1. The summed E-state index contributed by atoms with van der Waals surface area (Å²) in [7, 11) is 5.48. The topological polar surface area (TPSA) is 202 Å². The van der Waals surface area contributed by atoms with Gasteiger partial charge < -0.3 is 60.0 Å². The molecule has 7 N–H and O–H groups in total. The number of esters is 1. The van der Waals surface area contributed by atoms with Crippen LogP contribution in [0.2, 0.25) is 0 Å². The highest BCUT2D eigenvalue weighted by Crippen LogP contribution is 2.38. The minimum atomic E-state index is -1.92. The molecule has 1 amide bonds. The molecule has 0 aliphatic carbocycles. The van der Waals surface area contributed by atoms with Crippen LogP contribution in [0.5, 0.6) is 0 Å². The molecule has 0 saturated carbocycles. The third kappa shape index (κ3) is 10.3. The van der Waals surface area contributed by atoms with Gasteiger partial charge in [0.15, 0.2) is 6.29 Å². The van der Waals surface area contributed by atoms with E-state index < -0.39 is 95.9 Å². The van der Waals surface area contributed by atoms with Crippen LogP contribution in [0.15, 0.2) is 0 Å². The number of carbonyl (C=O) groups is 2. The Hall–Kier alpha value is -1.46. The first-order valence-corrected chi connectivity index (χ1v) is 17.4. The minimum Gasteiger partial charge on any atom is -0.459 e. The average molecular weight is 692 g/mol. The van der Waals surface area contributed by atoms with Crippen molar-refractivity contribution in [3.8, 4) is 0 Å². The number of rotatable bonds is 9. The number of nitrogens with zero attached hydrogens (tertiary/aromatic N) is 2. The molecule has 48 heavy (non-hydrogen) atoms. The second kappa shape index (κ2) is 17.7. The number of nitrogens with one attached hydrogen (secondary N) is 1. The molecule has 2 rings (SSSR count). The Morgan fingerprint density at radius 2 is 1.58 bits per heavy atom. The van der Waals surface area contributed by atoms with Crippen LogP contribution in [-0.4, -0.2) is 159 Å². The maximum Gasteiger partial charge on any atom is 0.311 e. The summed E-state index contributed by atoms with van der Waals surface area (Å²) < 4.78 is 18.1. The van der Waals surface area contributed by atoms with Crippen molar-refractivity contribution in [2.45, 2.75) is 141 Å². The molecule has 0 bridgehead atoms.